The number of amides is 2. The Balaban J connectivity index is 1.81. The zero-order chi connectivity index (χ0) is 41.8. The summed E-state index contributed by atoms with van der Waals surface area (Å²) in [5.41, 5.74) is 5.24. The van der Waals surface area contributed by atoms with E-state index in [1.54, 1.807) is 35.1 Å². The van der Waals surface area contributed by atoms with Gasteiger partial charge >= 0.3 is 7.60 Å². The van der Waals surface area contributed by atoms with E-state index in [0.29, 0.717) is 30.2 Å². The van der Waals surface area contributed by atoms with Crippen molar-refractivity contribution in [2.75, 3.05) is 64.7 Å². The highest BCUT2D eigenvalue weighted by atomic mass is 33.1. The standard InChI is InChI=1S/C34H55BN3O12PS5/c1-23(39)53-22-29(54-52-7)50-30-26(19-48-34(5,6)51(42,43)44)49-31(30)35-12-9-14-37-27(40)20-45-16-17-46-28(55-56-33(2,3)4)21-47-25-11-8-10-24(18-25)32(41)38-15-13-36/h8,10-11,18,26,28-31,35H,13-17,19-22,36H2,1-7H3,(H,37,40)(H,38,41)(H2,42,43,44)/t26?,28?,29-,30?,31?/m0/s1. The van der Waals surface area contributed by atoms with Crippen LogP contribution in [0.4, 0.5) is 0 Å². The Morgan fingerprint density at radius 1 is 1.11 bits per heavy atom. The van der Waals surface area contributed by atoms with Gasteiger partial charge in [0.2, 0.25) is 13.2 Å². The molecule has 316 valence electrons. The number of rotatable bonds is 26. The second-order valence-corrected chi connectivity index (χ2v) is 22.7. The molecule has 0 saturated carbocycles. The Hall–Kier alpha value is -1.09. The number of hydrogen-bond donors (Lipinski definition) is 5. The molecule has 1 aromatic carbocycles. The van der Waals surface area contributed by atoms with Gasteiger partial charge in [-0.1, -0.05) is 87.7 Å². The number of nitrogens with one attached hydrogen (secondary N) is 2. The number of ether oxygens (including phenoxy) is 6. The number of nitrogens with two attached hydrogens (primary N) is 1. The molecule has 15 nitrogen and oxygen atoms in total. The van der Waals surface area contributed by atoms with Crippen molar-refractivity contribution in [2.24, 2.45) is 5.73 Å². The van der Waals surface area contributed by atoms with E-state index >= 15 is 0 Å². The van der Waals surface area contributed by atoms with Gasteiger partial charge in [-0.2, -0.15) is 5.82 Å². The van der Waals surface area contributed by atoms with Gasteiger partial charge in [-0.05, 0) is 38.3 Å². The second kappa shape index (κ2) is 26.2. The van der Waals surface area contributed by atoms with Crippen LogP contribution in [-0.4, -0.2) is 138 Å². The highest BCUT2D eigenvalue weighted by Gasteiger charge is 2.47. The van der Waals surface area contributed by atoms with Crippen molar-refractivity contribution in [1.29, 1.82) is 0 Å². The molecular formula is C34H55BN3O12PS5. The van der Waals surface area contributed by atoms with Crippen LogP contribution in [0, 0.1) is 11.7 Å². The van der Waals surface area contributed by atoms with Crippen LogP contribution >= 0.6 is 62.5 Å². The van der Waals surface area contributed by atoms with Crippen molar-refractivity contribution in [1.82, 2.24) is 10.6 Å². The molecule has 1 saturated heterocycles. The molecule has 2 rings (SSSR count). The Bertz CT molecular complexity index is 1500. The third-order valence-electron chi connectivity index (χ3n) is 7.20. The maximum Gasteiger partial charge on any atom is 0.356 e. The third kappa shape index (κ3) is 20.7. The largest absolute Gasteiger partial charge is 0.490 e. The maximum atomic E-state index is 12.4. The van der Waals surface area contributed by atoms with Gasteiger partial charge in [-0.3, -0.25) is 18.9 Å². The predicted octanol–water partition coefficient (Wildman–Crippen LogP) is 3.46. The van der Waals surface area contributed by atoms with Gasteiger partial charge in [0.15, 0.2) is 10.5 Å². The molecule has 0 spiro atoms. The third-order valence-corrected chi connectivity index (χ3v) is 15.2. The first kappa shape index (κ1) is 51.1. The fourth-order valence-electron chi connectivity index (χ4n) is 4.24. The summed E-state index contributed by atoms with van der Waals surface area (Å²) in [6.45, 7) is 11.5. The van der Waals surface area contributed by atoms with E-state index in [-0.39, 0.29) is 79.4 Å². The summed E-state index contributed by atoms with van der Waals surface area (Å²) >= 11 is 1.14. The number of hydrogen-bond acceptors (Lipinski definition) is 16. The van der Waals surface area contributed by atoms with Crippen molar-refractivity contribution in [3.63, 3.8) is 0 Å². The van der Waals surface area contributed by atoms with Crippen molar-refractivity contribution < 1.29 is 57.2 Å². The van der Waals surface area contributed by atoms with Crippen LogP contribution in [0.2, 0.25) is 0 Å². The predicted molar refractivity (Wildman–Crippen MR) is 230 cm³/mol. The summed E-state index contributed by atoms with van der Waals surface area (Å²) in [6, 6.07) is 6.43. The summed E-state index contributed by atoms with van der Waals surface area (Å²) < 4.78 is 47.1. The minimum Gasteiger partial charge on any atom is -0.490 e. The SMILES string of the molecule is CSS[C@@H](CSC(C)=O)OC1C(BC#CCNC(=O)COCCOC(COc2cccc(C(=O)NCCN)c2)SSC(C)(C)C)OC1COC(C)(C)P(=O)(O)O. The second-order valence-electron chi connectivity index (χ2n) is 13.5. The first-order valence-electron chi connectivity index (χ1n) is 17.7. The van der Waals surface area contributed by atoms with E-state index in [1.807, 2.05) is 6.26 Å². The number of carbonyl (C=O) groups is 3. The van der Waals surface area contributed by atoms with Crippen LogP contribution in [0.25, 0.3) is 0 Å². The summed E-state index contributed by atoms with van der Waals surface area (Å²) in [5, 5.41) is 3.68. The van der Waals surface area contributed by atoms with Crippen LogP contribution in [0.3, 0.4) is 0 Å². The van der Waals surface area contributed by atoms with E-state index in [4.69, 9.17) is 34.2 Å². The monoisotopic (exact) mass is 899 g/mol. The van der Waals surface area contributed by atoms with E-state index < -0.39 is 31.1 Å². The zero-order valence-electron chi connectivity index (χ0n) is 32.8. The number of benzene rings is 1. The first-order valence-corrected chi connectivity index (χ1v) is 25.1. The van der Waals surface area contributed by atoms with Gasteiger partial charge < -0.3 is 54.6 Å². The lowest BCUT2D eigenvalue weighted by molar-refractivity contribution is -0.233. The van der Waals surface area contributed by atoms with Crippen molar-refractivity contribution >= 4 is 86.7 Å². The molecule has 1 aliphatic rings. The minimum atomic E-state index is -4.54. The molecule has 2 amide bonds. The fraction of sp³-hybridized carbons (Fsp3) is 0.676. The molecule has 0 aliphatic carbocycles. The Morgan fingerprint density at radius 3 is 2.52 bits per heavy atom. The van der Waals surface area contributed by atoms with Gasteiger partial charge in [-0.25, -0.2) is 0 Å². The molecule has 0 radical (unpaired) electrons. The molecule has 1 heterocycles. The highest BCUT2D eigenvalue weighted by molar-refractivity contribution is 8.77. The Labute approximate surface area is 351 Å². The maximum absolute atomic E-state index is 12.4. The average molecular weight is 900 g/mol. The van der Waals surface area contributed by atoms with Crippen LogP contribution in [0.15, 0.2) is 24.3 Å². The normalized spacial score (nSPS) is 18.1. The van der Waals surface area contributed by atoms with Crippen molar-refractivity contribution in [3.05, 3.63) is 29.8 Å². The molecule has 5 atom stereocenters. The number of carbonyl (C=O) groups excluding carboxylic acids is 3. The van der Waals surface area contributed by atoms with Crippen LogP contribution in [-0.2, 0) is 37.8 Å². The van der Waals surface area contributed by atoms with Gasteiger partial charge in [0.05, 0.1) is 32.4 Å². The fourth-order valence-corrected chi connectivity index (χ4v) is 9.22. The quantitative estimate of drug-likeness (QED) is 0.0225. The van der Waals surface area contributed by atoms with Gasteiger partial charge in [-0.15, -0.1) is 0 Å². The van der Waals surface area contributed by atoms with E-state index in [1.165, 1.54) is 53.2 Å². The van der Waals surface area contributed by atoms with Gasteiger partial charge in [0.1, 0.15) is 42.0 Å². The summed E-state index contributed by atoms with van der Waals surface area (Å²) in [6.07, 6.45) is 0.800. The molecule has 1 aliphatic heterocycles. The van der Waals surface area contributed by atoms with E-state index in [2.05, 4.69) is 43.1 Å². The Morgan fingerprint density at radius 2 is 1.86 bits per heavy atom. The molecule has 0 aromatic heterocycles. The molecule has 1 aromatic rings. The summed E-state index contributed by atoms with van der Waals surface area (Å²) in [5.74, 6) is 6.25. The molecule has 4 unspecified atom stereocenters. The van der Waals surface area contributed by atoms with Crippen LogP contribution in [0.1, 0.15) is 51.9 Å². The Kier molecular flexibility index (Phi) is 23.9. The van der Waals surface area contributed by atoms with Gasteiger partial charge in [0.25, 0.3) is 5.91 Å². The lowest BCUT2D eigenvalue weighted by Crippen LogP contribution is -2.61. The summed E-state index contributed by atoms with van der Waals surface area (Å²) in [4.78, 5) is 55.5. The molecular weight excluding hydrogens is 845 g/mol. The minimum absolute atomic E-state index is 0.0255. The lowest BCUT2D eigenvalue weighted by Gasteiger charge is -2.45. The van der Waals surface area contributed by atoms with E-state index in [9.17, 15) is 28.7 Å². The van der Waals surface area contributed by atoms with E-state index in [0.717, 1.165) is 11.8 Å². The molecule has 56 heavy (non-hydrogen) atoms. The number of thioether (sulfide) groups is 1. The first-order chi connectivity index (χ1) is 26.3. The molecule has 0 bridgehead atoms. The van der Waals surface area contributed by atoms with Crippen molar-refractivity contribution in [2.45, 2.75) is 80.7 Å². The topological polar surface area (TPSA) is 214 Å². The average Bonchev–Trinajstić information content (AvgIpc) is 3.11. The molecule has 1 fully saturated rings. The van der Waals surface area contributed by atoms with Crippen LogP contribution < -0.4 is 21.1 Å². The smallest absolute Gasteiger partial charge is 0.356 e. The van der Waals surface area contributed by atoms with Gasteiger partial charge in [0, 0.05) is 36.1 Å². The van der Waals surface area contributed by atoms with Crippen molar-refractivity contribution in [3.8, 4) is 17.5 Å². The zero-order valence-corrected chi connectivity index (χ0v) is 37.8. The molecule has 6 N–H and O–H groups in total. The highest BCUT2D eigenvalue weighted by Crippen LogP contribution is 2.51. The molecule has 22 heteroatoms. The lowest BCUT2D eigenvalue weighted by atomic mass is 9.66. The summed E-state index contributed by atoms with van der Waals surface area (Å²) in [7, 11) is 1.86. The van der Waals surface area contributed by atoms with Crippen LogP contribution in [0.5, 0.6) is 5.75 Å².